The van der Waals surface area contributed by atoms with E-state index in [9.17, 15) is 4.79 Å². The van der Waals surface area contributed by atoms with E-state index in [0.717, 1.165) is 28.1 Å². The van der Waals surface area contributed by atoms with Crippen LogP contribution in [-0.2, 0) is 21.5 Å². The molecule has 2 aromatic carbocycles. The van der Waals surface area contributed by atoms with Crippen molar-refractivity contribution in [3.05, 3.63) is 83.4 Å². The number of carbonyl (C=O) groups excluding carboxylic acids is 1. The number of rotatable bonds is 4. The van der Waals surface area contributed by atoms with Crippen LogP contribution in [0.15, 0.2) is 66.7 Å². The van der Waals surface area contributed by atoms with Crippen molar-refractivity contribution in [1.29, 1.82) is 0 Å². The Hall–Kier alpha value is -3.71. The summed E-state index contributed by atoms with van der Waals surface area (Å²) in [7, 11) is 0. The SMILES string of the molecule is Nc1ncc(-c2ccc(C3(C(=O)NC4=Cc5ccccc5CN4)CCOCC3)cc2)cn1. The van der Waals surface area contributed by atoms with Gasteiger partial charge in [-0.15, -0.1) is 0 Å². The molecule has 1 saturated heterocycles. The minimum Gasteiger partial charge on any atom is -0.381 e. The van der Waals surface area contributed by atoms with Gasteiger partial charge in [0, 0.05) is 37.7 Å². The zero-order valence-electron chi connectivity index (χ0n) is 17.7. The topological polar surface area (TPSA) is 102 Å². The zero-order chi connectivity index (χ0) is 22.0. The van der Waals surface area contributed by atoms with E-state index >= 15 is 0 Å². The molecule has 0 radical (unpaired) electrons. The van der Waals surface area contributed by atoms with Gasteiger partial charge < -0.3 is 21.1 Å². The van der Waals surface area contributed by atoms with Gasteiger partial charge in [-0.2, -0.15) is 0 Å². The summed E-state index contributed by atoms with van der Waals surface area (Å²) < 4.78 is 5.60. The molecule has 32 heavy (non-hydrogen) atoms. The van der Waals surface area contributed by atoms with Crippen molar-refractivity contribution in [1.82, 2.24) is 20.6 Å². The van der Waals surface area contributed by atoms with Gasteiger partial charge in [-0.1, -0.05) is 48.5 Å². The summed E-state index contributed by atoms with van der Waals surface area (Å²) in [5.41, 5.74) is 10.1. The van der Waals surface area contributed by atoms with Crippen LogP contribution in [-0.4, -0.2) is 29.1 Å². The number of nitrogen functional groups attached to an aromatic ring is 1. The Morgan fingerprint density at radius 3 is 2.47 bits per heavy atom. The maximum atomic E-state index is 13.6. The van der Waals surface area contributed by atoms with E-state index in [1.165, 1.54) is 5.56 Å². The summed E-state index contributed by atoms with van der Waals surface area (Å²) in [4.78, 5) is 21.7. The Balaban J connectivity index is 1.42. The Morgan fingerprint density at radius 1 is 1.00 bits per heavy atom. The summed E-state index contributed by atoms with van der Waals surface area (Å²) >= 11 is 0. The average molecular weight is 428 g/mol. The van der Waals surface area contributed by atoms with Gasteiger partial charge >= 0.3 is 0 Å². The van der Waals surface area contributed by atoms with Crippen LogP contribution in [0, 0.1) is 0 Å². The molecule has 1 amide bonds. The van der Waals surface area contributed by atoms with Gasteiger partial charge in [-0.3, -0.25) is 4.79 Å². The van der Waals surface area contributed by atoms with Crippen molar-refractivity contribution < 1.29 is 9.53 Å². The second-order valence-corrected chi connectivity index (χ2v) is 8.17. The highest BCUT2D eigenvalue weighted by molar-refractivity contribution is 5.90. The third-order valence-corrected chi connectivity index (χ3v) is 6.30. The molecule has 4 N–H and O–H groups in total. The van der Waals surface area contributed by atoms with Crippen LogP contribution in [0.1, 0.15) is 29.5 Å². The number of ether oxygens (including phenoxy) is 1. The second-order valence-electron chi connectivity index (χ2n) is 8.17. The minimum atomic E-state index is -0.645. The number of fused-ring (bicyclic) bond motifs is 1. The van der Waals surface area contributed by atoms with E-state index in [1.807, 2.05) is 42.5 Å². The Kier molecular flexibility index (Phi) is 5.33. The average Bonchev–Trinajstić information content (AvgIpc) is 2.85. The molecule has 7 nitrogen and oxygen atoms in total. The van der Waals surface area contributed by atoms with Crippen LogP contribution in [0.5, 0.6) is 0 Å². The maximum Gasteiger partial charge on any atom is 0.236 e. The quantitative estimate of drug-likeness (QED) is 0.592. The van der Waals surface area contributed by atoms with Crippen molar-refractivity contribution in [2.24, 2.45) is 0 Å². The van der Waals surface area contributed by atoms with Gasteiger partial charge in [-0.25, -0.2) is 9.97 Å². The van der Waals surface area contributed by atoms with Gasteiger partial charge in [0.05, 0.1) is 5.41 Å². The number of hydrogen-bond donors (Lipinski definition) is 3. The number of carbonyl (C=O) groups is 1. The number of benzene rings is 2. The third kappa shape index (κ3) is 3.83. The predicted octanol–water partition coefficient (Wildman–Crippen LogP) is 2.99. The van der Waals surface area contributed by atoms with Crippen LogP contribution in [0.25, 0.3) is 17.2 Å². The lowest BCUT2D eigenvalue weighted by molar-refractivity contribution is -0.129. The molecule has 0 atom stereocenters. The lowest BCUT2D eigenvalue weighted by Gasteiger charge is -2.37. The summed E-state index contributed by atoms with van der Waals surface area (Å²) in [5.74, 6) is 0.967. The summed E-state index contributed by atoms with van der Waals surface area (Å²) in [5, 5.41) is 6.47. The number of nitrogens with two attached hydrogens (primary N) is 1. The fraction of sp³-hybridized carbons (Fsp3) is 0.240. The molecular weight excluding hydrogens is 402 g/mol. The molecule has 5 rings (SSSR count). The van der Waals surface area contributed by atoms with Crippen LogP contribution in [0.2, 0.25) is 0 Å². The van der Waals surface area contributed by atoms with E-state index in [-0.39, 0.29) is 11.9 Å². The third-order valence-electron chi connectivity index (χ3n) is 6.30. The number of hydrogen-bond acceptors (Lipinski definition) is 6. The van der Waals surface area contributed by atoms with Gasteiger partial charge in [-0.05, 0) is 41.2 Å². The summed E-state index contributed by atoms with van der Waals surface area (Å²) in [6.45, 7) is 1.79. The highest BCUT2D eigenvalue weighted by atomic mass is 16.5. The first-order valence-corrected chi connectivity index (χ1v) is 10.8. The van der Waals surface area contributed by atoms with E-state index in [1.54, 1.807) is 12.4 Å². The fourth-order valence-corrected chi connectivity index (χ4v) is 4.39. The first kappa shape index (κ1) is 20.2. The molecule has 0 saturated carbocycles. The molecule has 3 heterocycles. The monoisotopic (exact) mass is 427 g/mol. The first-order chi connectivity index (χ1) is 15.6. The Morgan fingerprint density at radius 2 is 1.72 bits per heavy atom. The fourth-order valence-electron chi connectivity index (χ4n) is 4.39. The number of nitrogens with zero attached hydrogens (tertiary/aromatic N) is 2. The standard InChI is InChI=1S/C25H25N5O2/c26-24-28-15-20(16-29-24)17-5-7-21(8-6-17)25(9-11-32-12-10-25)23(31)30-22-13-18-3-1-2-4-19(18)14-27-22/h1-8,13,15-16,27H,9-12,14H2,(H,30,31)(H2,26,28,29). The summed E-state index contributed by atoms with van der Waals surface area (Å²) in [6.07, 6.45) is 6.66. The first-order valence-electron chi connectivity index (χ1n) is 10.8. The summed E-state index contributed by atoms with van der Waals surface area (Å²) in [6, 6.07) is 16.2. The smallest absolute Gasteiger partial charge is 0.236 e. The Bertz CT molecular complexity index is 1150. The predicted molar refractivity (Wildman–Crippen MR) is 123 cm³/mol. The molecule has 162 valence electrons. The molecule has 0 spiro atoms. The van der Waals surface area contributed by atoms with Gasteiger partial charge in [0.15, 0.2) is 0 Å². The molecule has 0 unspecified atom stereocenters. The van der Waals surface area contributed by atoms with Crippen molar-refractivity contribution in [3.8, 4) is 11.1 Å². The highest BCUT2D eigenvalue weighted by Gasteiger charge is 2.42. The van der Waals surface area contributed by atoms with Gasteiger partial charge in [0.2, 0.25) is 11.9 Å². The van der Waals surface area contributed by atoms with Crippen LogP contribution in [0.4, 0.5) is 5.95 Å². The van der Waals surface area contributed by atoms with E-state index in [0.29, 0.717) is 32.6 Å². The molecule has 7 heteroatoms. The molecular formula is C25H25N5O2. The highest BCUT2D eigenvalue weighted by Crippen LogP contribution is 2.36. The van der Waals surface area contributed by atoms with Gasteiger partial charge in [0.25, 0.3) is 0 Å². The largest absolute Gasteiger partial charge is 0.381 e. The van der Waals surface area contributed by atoms with Gasteiger partial charge in [0.1, 0.15) is 5.82 Å². The normalized spacial score (nSPS) is 16.9. The minimum absolute atomic E-state index is 0.0116. The molecule has 0 aliphatic carbocycles. The molecule has 2 aliphatic heterocycles. The maximum absolute atomic E-state index is 13.6. The molecule has 0 bridgehead atoms. The van der Waals surface area contributed by atoms with Crippen LogP contribution >= 0.6 is 0 Å². The molecule has 2 aliphatic rings. The number of amides is 1. The number of anilines is 1. The van der Waals surface area contributed by atoms with Crippen LogP contribution < -0.4 is 16.4 Å². The lowest BCUT2D eigenvalue weighted by atomic mass is 9.73. The number of nitrogens with one attached hydrogen (secondary N) is 2. The molecule has 1 fully saturated rings. The zero-order valence-corrected chi connectivity index (χ0v) is 17.7. The molecule has 3 aromatic rings. The van der Waals surface area contributed by atoms with Crippen molar-refractivity contribution >= 4 is 17.9 Å². The van der Waals surface area contributed by atoms with Crippen LogP contribution in [0.3, 0.4) is 0 Å². The van der Waals surface area contributed by atoms with Crippen molar-refractivity contribution in [2.75, 3.05) is 18.9 Å². The lowest BCUT2D eigenvalue weighted by Crippen LogP contribution is -2.49. The second kappa shape index (κ2) is 8.43. The van der Waals surface area contributed by atoms with Crippen molar-refractivity contribution in [3.63, 3.8) is 0 Å². The van der Waals surface area contributed by atoms with E-state index < -0.39 is 5.41 Å². The molecule has 1 aromatic heterocycles. The Labute approximate surface area is 186 Å². The van der Waals surface area contributed by atoms with Crippen molar-refractivity contribution in [2.45, 2.75) is 24.8 Å². The number of aromatic nitrogens is 2. The van der Waals surface area contributed by atoms with E-state index in [4.69, 9.17) is 10.5 Å². The van der Waals surface area contributed by atoms with E-state index in [2.05, 4.69) is 32.7 Å².